The van der Waals surface area contributed by atoms with Crippen LogP contribution in [-0.2, 0) is 12.2 Å². The number of benzene rings is 3. The molecule has 1 heterocycles. The summed E-state index contributed by atoms with van der Waals surface area (Å²) in [5.41, 5.74) is 3.27. The van der Waals surface area contributed by atoms with Gasteiger partial charge in [-0.05, 0) is 41.5 Å². The van der Waals surface area contributed by atoms with E-state index < -0.39 is 0 Å². The minimum Gasteiger partial charge on any atom is -0.497 e. The van der Waals surface area contributed by atoms with Crippen LogP contribution >= 0.6 is 23.4 Å². The van der Waals surface area contributed by atoms with Gasteiger partial charge in [0, 0.05) is 22.9 Å². The van der Waals surface area contributed by atoms with Crippen molar-refractivity contribution in [3.8, 4) is 11.4 Å². The van der Waals surface area contributed by atoms with Gasteiger partial charge in [0.15, 0.2) is 5.16 Å². The highest BCUT2D eigenvalue weighted by Crippen LogP contribution is 2.29. The summed E-state index contributed by atoms with van der Waals surface area (Å²) in [6.07, 6.45) is 0.701. The van der Waals surface area contributed by atoms with Crippen LogP contribution in [0.3, 0.4) is 0 Å². The summed E-state index contributed by atoms with van der Waals surface area (Å²) in [7, 11) is 1.67. The van der Waals surface area contributed by atoms with Crippen LogP contribution in [-0.4, -0.2) is 21.9 Å². The van der Waals surface area contributed by atoms with Crippen LogP contribution in [0, 0.1) is 0 Å². The molecule has 0 radical (unpaired) electrons. The number of rotatable bonds is 7. The molecule has 0 spiro atoms. The first-order valence-electron chi connectivity index (χ1n) is 9.23. The van der Waals surface area contributed by atoms with Crippen molar-refractivity contribution in [2.45, 2.75) is 17.3 Å². The Balaban J connectivity index is 1.67. The lowest BCUT2D eigenvalue weighted by Gasteiger charge is -2.11. The van der Waals surface area contributed by atoms with Crippen molar-refractivity contribution in [2.24, 2.45) is 0 Å². The Labute approximate surface area is 179 Å². The van der Waals surface area contributed by atoms with E-state index in [1.54, 1.807) is 18.9 Å². The predicted molar refractivity (Wildman–Crippen MR) is 118 cm³/mol. The van der Waals surface area contributed by atoms with Crippen LogP contribution in [0.5, 0.6) is 5.75 Å². The zero-order valence-corrected chi connectivity index (χ0v) is 17.5. The number of hydrogen-bond acceptors (Lipinski definition) is 4. The maximum Gasteiger partial charge on any atom is 0.196 e. The van der Waals surface area contributed by atoms with Crippen LogP contribution in [0.25, 0.3) is 5.69 Å². The molecular weight excluding hydrogens is 402 g/mol. The molecule has 4 aromatic rings. The van der Waals surface area contributed by atoms with E-state index in [2.05, 4.69) is 26.9 Å². The first-order valence-corrected chi connectivity index (χ1v) is 10.6. The van der Waals surface area contributed by atoms with E-state index in [9.17, 15) is 0 Å². The van der Waals surface area contributed by atoms with Gasteiger partial charge in [-0.2, -0.15) is 0 Å². The predicted octanol–water partition coefficient (Wildman–Crippen LogP) is 5.81. The number of methoxy groups -OCH3 is 1. The molecule has 3 aromatic carbocycles. The topological polar surface area (TPSA) is 39.9 Å². The highest BCUT2D eigenvalue weighted by atomic mass is 35.5. The maximum absolute atomic E-state index is 6.32. The van der Waals surface area contributed by atoms with E-state index in [1.807, 2.05) is 66.7 Å². The molecule has 146 valence electrons. The first-order chi connectivity index (χ1) is 14.2. The number of halogens is 1. The number of ether oxygens (including phenoxy) is 1. The zero-order chi connectivity index (χ0) is 20.1. The van der Waals surface area contributed by atoms with Crippen molar-refractivity contribution >= 4 is 23.4 Å². The van der Waals surface area contributed by atoms with Gasteiger partial charge in [0.25, 0.3) is 0 Å². The highest BCUT2D eigenvalue weighted by molar-refractivity contribution is 7.98. The molecule has 1 aromatic heterocycles. The molecular formula is C23H20ClN3OS. The molecule has 6 heteroatoms. The number of thioether (sulfide) groups is 1. The Hall–Kier alpha value is -2.76. The fraction of sp³-hybridized carbons (Fsp3) is 0.130. The van der Waals surface area contributed by atoms with Crippen LogP contribution in [0.15, 0.2) is 84.0 Å². The quantitative estimate of drug-likeness (QED) is 0.353. The number of aromatic nitrogens is 3. The van der Waals surface area contributed by atoms with Crippen molar-refractivity contribution in [3.63, 3.8) is 0 Å². The Morgan fingerprint density at radius 3 is 2.34 bits per heavy atom. The molecule has 0 atom stereocenters. The summed E-state index contributed by atoms with van der Waals surface area (Å²) >= 11 is 7.95. The summed E-state index contributed by atoms with van der Waals surface area (Å²) < 4.78 is 7.41. The molecule has 0 bridgehead atoms. The highest BCUT2D eigenvalue weighted by Gasteiger charge is 2.16. The van der Waals surface area contributed by atoms with Gasteiger partial charge in [0.1, 0.15) is 11.6 Å². The van der Waals surface area contributed by atoms with Gasteiger partial charge >= 0.3 is 0 Å². The maximum atomic E-state index is 6.32. The lowest BCUT2D eigenvalue weighted by atomic mass is 10.1. The fourth-order valence-corrected chi connectivity index (χ4v) is 4.29. The Bertz CT molecular complexity index is 1080. The normalized spacial score (nSPS) is 10.8. The van der Waals surface area contributed by atoms with E-state index in [4.69, 9.17) is 16.3 Å². The van der Waals surface area contributed by atoms with Crippen molar-refractivity contribution in [3.05, 3.63) is 101 Å². The second kappa shape index (κ2) is 9.16. The molecule has 4 rings (SSSR count). The molecule has 0 N–H and O–H groups in total. The van der Waals surface area contributed by atoms with Gasteiger partial charge < -0.3 is 4.74 Å². The molecule has 0 saturated heterocycles. The average Bonchev–Trinajstić information content (AvgIpc) is 3.16. The SMILES string of the molecule is COc1ccc(-n2c(Cc3ccccc3)nnc2SCc2ccccc2Cl)cc1. The van der Waals surface area contributed by atoms with Crippen LogP contribution in [0.4, 0.5) is 0 Å². The Kier molecular flexibility index (Phi) is 6.17. The van der Waals surface area contributed by atoms with E-state index in [1.165, 1.54) is 5.56 Å². The van der Waals surface area contributed by atoms with Gasteiger partial charge in [-0.15, -0.1) is 10.2 Å². The Morgan fingerprint density at radius 1 is 0.897 bits per heavy atom. The smallest absolute Gasteiger partial charge is 0.196 e. The van der Waals surface area contributed by atoms with Crippen molar-refractivity contribution < 1.29 is 4.74 Å². The second-order valence-corrected chi connectivity index (χ2v) is 7.82. The standard InChI is InChI=1S/C23H20ClN3OS/c1-28-20-13-11-19(12-14-20)27-22(15-17-7-3-2-4-8-17)25-26-23(27)29-16-18-9-5-6-10-21(18)24/h2-14H,15-16H2,1H3. The van der Waals surface area contributed by atoms with Crippen molar-refractivity contribution in [1.82, 2.24) is 14.8 Å². The molecule has 0 amide bonds. The van der Waals surface area contributed by atoms with Gasteiger partial charge in [-0.3, -0.25) is 4.57 Å². The number of nitrogens with zero attached hydrogens (tertiary/aromatic N) is 3. The third-order valence-corrected chi connectivity index (χ3v) is 5.90. The molecule has 0 aliphatic heterocycles. The minimum absolute atomic E-state index is 0.701. The lowest BCUT2D eigenvalue weighted by molar-refractivity contribution is 0.414. The largest absolute Gasteiger partial charge is 0.497 e. The summed E-state index contributed by atoms with van der Waals surface area (Å²) in [5, 5.41) is 10.6. The molecule has 4 nitrogen and oxygen atoms in total. The van der Waals surface area contributed by atoms with E-state index in [0.29, 0.717) is 6.42 Å². The van der Waals surface area contributed by atoms with Gasteiger partial charge in [-0.1, -0.05) is 71.9 Å². The monoisotopic (exact) mass is 421 g/mol. The van der Waals surface area contributed by atoms with Gasteiger partial charge in [-0.25, -0.2) is 0 Å². The van der Waals surface area contributed by atoms with Crippen LogP contribution < -0.4 is 4.74 Å². The van der Waals surface area contributed by atoms with Crippen molar-refractivity contribution in [1.29, 1.82) is 0 Å². The molecule has 0 fully saturated rings. The van der Waals surface area contributed by atoms with Gasteiger partial charge in [0.2, 0.25) is 0 Å². The van der Waals surface area contributed by atoms with E-state index in [-0.39, 0.29) is 0 Å². The number of hydrogen-bond donors (Lipinski definition) is 0. The summed E-state index contributed by atoms with van der Waals surface area (Å²) in [4.78, 5) is 0. The fourth-order valence-electron chi connectivity index (χ4n) is 3.04. The van der Waals surface area contributed by atoms with Crippen LogP contribution in [0.1, 0.15) is 17.0 Å². The molecule has 0 unspecified atom stereocenters. The van der Waals surface area contributed by atoms with E-state index in [0.717, 1.165) is 38.8 Å². The van der Waals surface area contributed by atoms with Gasteiger partial charge in [0.05, 0.1) is 7.11 Å². The first kappa shape index (κ1) is 19.6. The lowest BCUT2D eigenvalue weighted by Crippen LogP contribution is -2.04. The van der Waals surface area contributed by atoms with E-state index >= 15 is 0 Å². The third-order valence-electron chi connectivity index (χ3n) is 4.55. The zero-order valence-electron chi connectivity index (χ0n) is 16.0. The summed E-state index contributed by atoms with van der Waals surface area (Å²) in [6, 6.07) is 26.1. The van der Waals surface area contributed by atoms with Crippen molar-refractivity contribution in [2.75, 3.05) is 7.11 Å². The second-order valence-electron chi connectivity index (χ2n) is 6.47. The average molecular weight is 422 g/mol. The molecule has 0 saturated carbocycles. The molecule has 0 aliphatic rings. The summed E-state index contributed by atoms with van der Waals surface area (Å²) in [5.74, 6) is 2.43. The Morgan fingerprint density at radius 2 is 1.62 bits per heavy atom. The molecule has 29 heavy (non-hydrogen) atoms. The van der Waals surface area contributed by atoms with Crippen LogP contribution in [0.2, 0.25) is 5.02 Å². The molecule has 0 aliphatic carbocycles. The minimum atomic E-state index is 0.701. The summed E-state index contributed by atoms with van der Waals surface area (Å²) in [6.45, 7) is 0. The third kappa shape index (κ3) is 4.63.